The quantitative estimate of drug-likeness (QED) is 0.274. The monoisotopic (exact) mass is 429 g/mol. The lowest BCUT2D eigenvalue weighted by Gasteiger charge is -2.22. The van der Waals surface area contributed by atoms with Gasteiger partial charge in [-0.05, 0) is 22.8 Å². The van der Waals surface area contributed by atoms with E-state index in [-0.39, 0.29) is 5.41 Å². The Morgan fingerprint density at radius 1 is 0.750 bits per heavy atom. The van der Waals surface area contributed by atoms with E-state index in [9.17, 15) is 0 Å². The van der Waals surface area contributed by atoms with Crippen LogP contribution in [0.3, 0.4) is 0 Å². The van der Waals surface area contributed by atoms with E-state index in [1.165, 1.54) is 42.4 Å². The normalized spacial score (nSPS) is 14.2. The van der Waals surface area contributed by atoms with Crippen LogP contribution in [-0.2, 0) is 5.41 Å². The van der Waals surface area contributed by atoms with Gasteiger partial charge in [0.15, 0.2) is 5.82 Å². The molecule has 152 valence electrons. The second-order valence-corrected chi connectivity index (χ2v) is 9.97. The third-order valence-corrected chi connectivity index (χ3v) is 7.95. The summed E-state index contributed by atoms with van der Waals surface area (Å²) in [6.07, 6.45) is 0. The number of hydrogen-bond donors (Lipinski definition) is 0. The third-order valence-electron chi connectivity index (χ3n) is 6.76. The zero-order valence-electron chi connectivity index (χ0n) is 17.8. The number of benzene rings is 4. The maximum Gasteiger partial charge on any atom is 0.182 e. The Labute approximate surface area is 189 Å². The van der Waals surface area contributed by atoms with Crippen molar-refractivity contribution in [2.24, 2.45) is 0 Å². The summed E-state index contributed by atoms with van der Waals surface area (Å²) in [7, 11) is 0. The molecule has 1 aliphatic carbocycles. The highest BCUT2D eigenvalue weighted by Gasteiger charge is 2.40. The summed E-state index contributed by atoms with van der Waals surface area (Å²) in [5, 5.41) is 11.9. The van der Waals surface area contributed by atoms with Crippen molar-refractivity contribution in [3.63, 3.8) is 0 Å². The van der Waals surface area contributed by atoms with Gasteiger partial charge in [0.25, 0.3) is 0 Å². The molecule has 0 N–H and O–H groups in total. The summed E-state index contributed by atoms with van der Waals surface area (Å²) >= 11 is 1.87. The molecule has 0 radical (unpaired) electrons. The second kappa shape index (κ2) is 6.21. The molecule has 6 aromatic rings. The first kappa shape index (κ1) is 18.0. The lowest BCUT2D eigenvalue weighted by Crippen LogP contribution is -2.15. The van der Waals surface area contributed by atoms with Gasteiger partial charge in [-0.25, -0.2) is 4.98 Å². The molecule has 0 saturated carbocycles. The highest BCUT2D eigenvalue weighted by Crippen LogP contribution is 2.56. The number of rotatable bonds is 1. The minimum atomic E-state index is -0.112. The first-order valence-electron chi connectivity index (χ1n) is 10.8. The topological polar surface area (TPSA) is 38.7 Å². The Kier molecular flexibility index (Phi) is 3.49. The maximum absolute atomic E-state index is 5.13. The predicted octanol–water partition coefficient (Wildman–Crippen LogP) is 7.37. The smallest absolute Gasteiger partial charge is 0.182 e. The van der Waals surface area contributed by atoms with Crippen molar-refractivity contribution in [3.05, 3.63) is 90.0 Å². The van der Waals surface area contributed by atoms with Crippen molar-refractivity contribution in [2.45, 2.75) is 19.3 Å². The zero-order valence-corrected chi connectivity index (χ0v) is 18.6. The molecule has 0 saturated heterocycles. The van der Waals surface area contributed by atoms with Crippen molar-refractivity contribution in [1.82, 2.24) is 15.2 Å². The van der Waals surface area contributed by atoms with E-state index >= 15 is 0 Å². The Bertz CT molecular complexity index is 1700. The molecule has 0 fully saturated rings. The van der Waals surface area contributed by atoms with Gasteiger partial charge in [0.1, 0.15) is 11.0 Å². The van der Waals surface area contributed by atoms with Crippen LogP contribution in [0.25, 0.3) is 53.7 Å². The molecule has 32 heavy (non-hydrogen) atoms. The van der Waals surface area contributed by atoms with E-state index in [1.54, 1.807) is 0 Å². The SMILES string of the molecule is CC1(C)c2ccccc2-c2c1c1sc3ccccc3c1c1nc(-c3ccccc3)nnc21. The number of thiophene rings is 1. The number of aromatic nitrogens is 3. The Hall–Kier alpha value is -3.63. The van der Waals surface area contributed by atoms with Crippen molar-refractivity contribution >= 4 is 42.5 Å². The Balaban J connectivity index is 1.73. The number of nitrogens with zero attached hydrogens (tertiary/aromatic N) is 3. The molecule has 4 heteroatoms. The van der Waals surface area contributed by atoms with Gasteiger partial charge in [-0.1, -0.05) is 86.6 Å². The standard InChI is InChI=1S/C28H19N3S/c1-28(2)19-14-8-6-12-17(19)21-23(28)26-22(18-13-7-9-15-20(18)32-26)24-25(21)30-31-27(29-24)16-10-4-3-5-11-16/h3-15H,1-2H3. The molecule has 7 rings (SSSR count). The first-order valence-corrected chi connectivity index (χ1v) is 11.6. The summed E-state index contributed by atoms with van der Waals surface area (Å²) in [5.74, 6) is 0.667. The minimum absolute atomic E-state index is 0.112. The molecular weight excluding hydrogens is 410 g/mol. The van der Waals surface area contributed by atoms with E-state index < -0.39 is 0 Å². The maximum atomic E-state index is 5.13. The lowest BCUT2D eigenvalue weighted by atomic mass is 9.82. The van der Waals surface area contributed by atoms with Crippen LogP contribution in [0.15, 0.2) is 78.9 Å². The van der Waals surface area contributed by atoms with Crippen LogP contribution in [-0.4, -0.2) is 15.2 Å². The van der Waals surface area contributed by atoms with E-state index in [1.807, 2.05) is 41.7 Å². The Morgan fingerprint density at radius 2 is 1.50 bits per heavy atom. The van der Waals surface area contributed by atoms with Gasteiger partial charge in [0, 0.05) is 36.7 Å². The molecule has 1 aliphatic rings. The van der Waals surface area contributed by atoms with Gasteiger partial charge in [0.2, 0.25) is 0 Å². The van der Waals surface area contributed by atoms with Crippen molar-refractivity contribution in [2.75, 3.05) is 0 Å². The molecule has 2 aromatic heterocycles. The predicted molar refractivity (Wildman–Crippen MR) is 133 cm³/mol. The fraction of sp³-hybridized carbons (Fsp3) is 0.107. The fourth-order valence-corrected chi connectivity index (χ4v) is 6.72. The van der Waals surface area contributed by atoms with E-state index in [4.69, 9.17) is 10.1 Å². The van der Waals surface area contributed by atoms with Gasteiger partial charge < -0.3 is 0 Å². The third kappa shape index (κ3) is 2.22. The fourth-order valence-electron chi connectivity index (χ4n) is 5.31. The molecule has 0 unspecified atom stereocenters. The van der Waals surface area contributed by atoms with Crippen LogP contribution >= 0.6 is 11.3 Å². The summed E-state index contributed by atoms with van der Waals surface area (Å²) in [4.78, 5) is 5.13. The van der Waals surface area contributed by atoms with E-state index in [2.05, 4.69) is 67.5 Å². The molecule has 0 spiro atoms. The zero-order chi connectivity index (χ0) is 21.4. The first-order chi connectivity index (χ1) is 15.6. The summed E-state index contributed by atoms with van der Waals surface area (Å²) in [5.41, 5.74) is 7.85. The molecule has 4 aromatic carbocycles. The van der Waals surface area contributed by atoms with Gasteiger partial charge in [-0.15, -0.1) is 21.5 Å². The summed E-state index contributed by atoms with van der Waals surface area (Å²) < 4.78 is 2.60. The van der Waals surface area contributed by atoms with E-state index in [0.29, 0.717) is 5.82 Å². The summed E-state index contributed by atoms with van der Waals surface area (Å²) in [6.45, 7) is 4.65. The van der Waals surface area contributed by atoms with Gasteiger partial charge in [-0.3, -0.25) is 0 Å². The average molecular weight is 430 g/mol. The van der Waals surface area contributed by atoms with Gasteiger partial charge >= 0.3 is 0 Å². The minimum Gasteiger partial charge on any atom is -0.224 e. The van der Waals surface area contributed by atoms with Crippen LogP contribution in [0, 0.1) is 0 Å². The molecule has 0 amide bonds. The van der Waals surface area contributed by atoms with Crippen LogP contribution in [0.1, 0.15) is 25.0 Å². The largest absolute Gasteiger partial charge is 0.224 e. The molecule has 0 atom stereocenters. The van der Waals surface area contributed by atoms with Crippen LogP contribution in [0.2, 0.25) is 0 Å². The molecule has 3 nitrogen and oxygen atoms in total. The van der Waals surface area contributed by atoms with Crippen LogP contribution in [0.4, 0.5) is 0 Å². The molecular formula is C28H19N3S. The second-order valence-electron chi connectivity index (χ2n) is 8.92. The van der Waals surface area contributed by atoms with Crippen molar-refractivity contribution in [3.8, 4) is 22.5 Å². The molecule has 2 heterocycles. The van der Waals surface area contributed by atoms with Gasteiger partial charge in [-0.2, -0.15) is 0 Å². The van der Waals surface area contributed by atoms with Crippen LogP contribution in [0.5, 0.6) is 0 Å². The highest BCUT2D eigenvalue weighted by molar-refractivity contribution is 7.26. The van der Waals surface area contributed by atoms with E-state index in [0.717, 1.165) is 16.6 Å². The van der Waals surface area contributed by atoms with Gasteiger partial charge in [0.05, 0.1) is 0 Å². The summed E-state index contributed by atoms with van der Waals surface area (Å²) in [6, 6.07) is 27.5. The molecule has 0 bridgehead atoms. The van der Waals surface area contributed by atoms with Crippen LogP contribution < -0.4 is 0 Å². The number of fused-ring (bicyclic) bond motifs is 10. The molecule has 0 aliphatic heterocycles. The average Bonchev–Trinajstić information content (AvgIpc) is 3.33. The van der Waals surface area contributed by atoms with Crippen molar-refractivity contribution in [1.29, 1.82) is 0 Å². The Morgan fingerprint density at radius 3 is 2.38 bits per heavy atom. The van der Waals surface area contributed by atoms with Crippen molar-refractivity contribution < 1.29 is 0 Å². The highest BCUT2D eigenvalue weighted by atomic mass is 32.1. The number of hydrogen-bond acceptors (Lipinski definition) is 4. The lowest BCUT2D eigenvalue weighted by molar-refractivity contribution is 0.667.